The molecule has 0 bridgehead atoms. The zero-order chi connectivity index (χ0) is 18.5. The van der Waals surface area contributed by atoms with Crippen LogP contribution in [0.4, 0.5) is 10.6 Å². The van der Waals surface area contributed by atoms with E-state index in [1.165, 1.54) is 10.9 Å². The van der Waals surface area contributed by atoms with Gasteiger partial charge in [0.05, 0.1) is 11.9 Å². The van der Waals surface area contributed by atoms with Gasteiger partial charge in [-0.15, -0.1) is 0 Å². The third kappa shape index (κ3) is 3.92. The highest BCUT2D eigenvalue weighted by Gasteiger charge is 2.18. The Balaban J connectivity index is 1.80. The van der Waals surface area contributed by atoms with Gasteiger partial charge < -0.3 is 4.74 Å². The van der Waals surface area contributed by atoms with Crippen LogP contribution in [0.2, 0.25) is 0 Å². The van der Waals surface area contributed by atoms with Gasteiger partial charge in [-0.1, -0.05) is 46.3 Å². The van der Waals surface area contributed by atoms with E-state index in [1.807, 2.05) is 60.7 Å². The minimum absolute atomic E-state index is 0.247. The van der Waals surface area contributed by atoms with Crippen LogP contribution in [0.3, 0.4) is 0 Å². The summed E-state index contributed by atoms with van der Waals surface area (Å²) in [5.74, 6) is 0.264. The van der Waals surface area contributed by atoms with Crippen molar-refractivity contribution >= 4 is 27.8 Å². The van der Waals surface area contributed by atoms with Gasteiger partial charge in [0.1, 0.15) is 17.7 Å². The fourth-order valence-electron chi connectivity index (χ4n) is 2.41. The van der Waals surface area contributed by atoms with Gasteiger partial charge in [-0.3, -0.25) is 5.32 Å². The lowest BCUT2D eigenvalue weighted by Crippen LogP contribution is -2.19. The van der Waals surface area contributed by atoms with Crippen LogP contribution in [0.1, 0.15) is 24.2 Å². The normalized spacial score (nSPS) is 11.4. The minimum Gasteiger partial charge on any atom is -0.441 e. The summed E-state index contributed by atoms with van der Waals surface area (Å²) in [4.78, 5) is 12.3. The van der Waals surface area contributed by atoms with Gasteiger partial charge in [0.25, 0.3) is 0 Å². The van der Waals surface area contributed by atoms with Gasteiger partial charge in [0.2, 0.25) is 0 Å². The Morgan fingerprint density at radius 3 is 2.58 bits per heavy atom. The lowest BCUT2D eigenvalue weighted by Gasteiger charge is -2.15. The van der Waals surface area contributed by atoms with E-state index in [1.54, 1.807) is 6.92 Å². The average molecular weight is 411 g/mol. The minimum atomic E-state index is -0.656. The third-order valence-electron chi connectivity index (χ3n) is 3.73. The Morgan fingerprint density at radius 2 is 1.92 bits per heavy atom. The van der Waals surface area contributed by atoms with E-state index < -0.39 is 12.2 Å². The fourth-order valence-corrected chi connectivity index (χ4v) is 2.67. The number of nitriles is 1. The summed E-state index contributed by atoms with van der Waals surface area (Å²) in [5, 5.41) is 16.1. The molecule has 0 radical (unpaired) electrons. The van der Waals surface area contributed by atoms with Crippen LogP contribution in [0, 0.1) is 11.3 Å². The lowest BCUT2D eigenvalue weighted by molar-refractivity contribution is 0.121. The SMILES string of the molecule is C[C@@H](OC(=O)Nc1c(C#N)cnn1-c1ccc(Br)cc1)c1ccccc1. The maximum absolute atomic E-state index is 12.3. The number of anilines is 1. The van der Waals surface area contributed by atoms with Crippen LogP contribution in [-0.4, -0.2) is 15.9 Å². The highest BCUT2D eigenvalue weighted by atomic mass is 79.9. The molecule has 0 aliphatic heterocycles. The molecule has 1 atom stereocenters. The zero-order valence-corrected chi connectivity index (χ0v) is 15.5. The van der Waals surface area contributed by atoms with Crippen LogP contribution < -0.4 is 5.32 Å². The molecule has 0 aliphatic rings. The number of hydrogen-bond donors (Lipinski definition) is 1. The number of nitrogens with zero attached hydrogens (tertiary/aromatic N) is 3. The molecule has 26 heavy (non-hydrogen) atoms. The van der Waals surface area contributed by atoms with E-state index in [4.69, 9.17) is 4.74 Å². The Morgan fingerprint density at radius 1 is 1.23 bits per heavy atom. The van der Waals surface area contributed by atoms with E-state index in [-0.39, 0.29) is 11.4 Å². The Kier molecular flexibility index (Phi) is 5.34. The maximum Gasteiger partial charge on any atom is 0.413 e. The largest absolute Gasteiger partial charge is 0.441 e. The number of hydrogen-bond acceptors (Lipinski definition) is 4. The standard InChI is InChI=1S/C19H15BrN4O2/c1-13(14-5-3-2-4-6-14)26-19(25)23-18-15(11-21)12-22-24(18)17-9-7-16(20)8-10-17/h2-10,12-13H,1H3,(H,23,25)/t13-/m1/s1. The van der Waals surface area contributed by atoms with Crippen molar-refractivity contribution in [3.05, 3.63) is 76.4 Å². The van der Waals surface area contributed by atoms with E-state index in [9.17, 15) is 10.1 Å². The molecule has 6 nitrogen and oxygen atoms in total. The second-order valence-corrected chi connectivity index (χ2v) is 6.41. The molecular formula is C19H15BrN4O2. The van der Waals surface area contributed by atoms with Crippen LogP contribution in [0.15, 0.2) is 65.3 Å². The number of halogens is 1. The molecule has 0 unspecified atom stereocenters. The molecule has 0 aliphatic carbocycles. The average Bonchev–Trinajstić information content (AvgIpc) is 3.05. The molecule has 0 spiro atoms. The Labute approximate surface area is 159 Å². The first-order valence-corrected chi connectivity index (χ1v) is 8.64. The van der Waals surface area contributed by atoms with Gasteiger partial charge in [0.15, 0.2) is 5.82 Å². The van der Waals surface area contributed by atoms with Gasteiger partial charge in [-0.05, 0) is 36.8 Å². The predicted octanol–water partition coefficient (Wildman–Crippen LogP) is 4.82. The van der Waals surface area contributed by atoms with Gasteiger partial charge >= 0.3 is 6.09 Å². The molecule has 130 valence electrons. The van der Waals surface area contributed by atoms with Crippen molar-refractivity contribution in [2.24, 2.45) is 0 Å². The molecule has 7 heteroatoms. The van der Waals surface area contributed by atoms with E-state index in [0.29, 0.717) is 5.69 Å². The van der Waals surface area contributed by atoms with Crippen LogP contribution in [0.25, 0.3) is 5.69 Å². The van der Waals surface area contributed by atoms with Crippen molar-refractivity contribution < 1.29 is 9.53 Å². The van der Waals surface area contributed by atoms with Crippen molar-refractivity contribution in [1.29, 1.82) is 5.26 Å². The molecule has 1 N–H and O–H groups in total. The molecule has 0 saturated carbocycles. The van der Waals surface area contributed by atoms with E-state index in [0.717, 1.165) is 10.0 Å². The first kappa shape index (κ1) is 17.7. The highest BCUT2D eigenvalue weighted by molar-refractivity contribution is 9.10. The molecule has 1 aromatic heterocycles. The van der Waals surface area contributed by atoms with E-state index in [2.05, 4.69) is 26.3 Å². The van der Waals surface area contributed by atoms with Crippen molar-refractivity contribution in [2.75, 3.05) is 5.32 Å². The van der Waals surface area contributed by atoms with Crippen molar-refractivity contribution in [3.8, 4) is 11.8 Å². The second-order valence-electron chi connectivity index (χ2n) is 5.49. The number of carbonyl (C=O) groups excluding carboxylic acids is 1. The van der Waals surface area contributed by atoms with Crippen LogP contribution in [0.5, 0.6) is 0 Å². The third-order valence-corrected chi connectivity index (χ3v) is 4.26. The topological polar surface area (TPSA) is 79.9 Å². The summed E-state index contributed by atoms with van der Waals surface area (Å²) in [6.07, 6.45) is 0.320. The summed E-state index contributed by atoms with van der Waals surface area (Å²) in [6.45, 7) is 1.78. The fraction of sp³-hybridized carbons (Fsp3) is 0.105. The summed E-state index contributed by atoms with van der Waals surface area (Å²) in [5.41, 5.74) is 1.84. The molecule has 3 aromatic rings. The Hall–Kier alpha value is -3.11. The quantitative estimate of drug-likeness (QED) is 0.668. The molecule has 1 heterocycles. The smallest absolute Gasteiger partial charge is 0.413 e. The summed E-state index contributed by atoms with van der Waals surface area (Å²) in [7, 11) is 0. The number of ether oxygens (including phenoxy) is 1. The number of amides is 1. The molecule has 1 amide bonds. The predicted molar refractivity (Wildman–Crippen MR) is 101 cm³/mol. The Bertz CT molecular complexity index is 946. The number of benzene rings is 2. The summed E-state index contributed by atoms with van der Waals surface area (Å²) < 4.78 is 7.81. The number of aromatic nitrogens is 2. The molecular weight excluding hydrogens is 396 g/mol. The molecule has 3 rings (SSSR count). The molecule has 0 fully saturated rings. The van der Waals surface area contributed by atoms with Gasteiger partial charge in [-0.2, -0.15) is 10.4 Å². The zero-order valence-electron chi connectivity index (χ0n) is 13.9. The van der Waals surface area contributed by atoms with E-state index >= 15 is 0 Å². The highest BCUT2D eigenvalue weighted by Crippen LogP contribution is 2.23. The monoisotopic (exact) mass is 410 g/mol. The summed E-state index contributed by atoms with van der Waals surface area (Å²) >= 11 is 3.37. The van der Waals surface area contributed by atoms with Gasteiger partial charge in [-0.25, -0.2) is 9.48 Å². The second kappa shape index (κ2) is 7.85. The van der Waals surface area contributed by atoms with Crippen molar-refractivity contribution in [3.63, 3.8) is 0 Å². The number of rotatable bonds is 4. The summed E-state index contributed by atoms with van der Waals surface area (Å²) in [6, 6.07) is 18.8. The lowest BCUT2D eigenvalue weighted by atomic mass is 10.1. The molecule has 0 saturated heterocycles. The number of nitrogens with one attached hydrogen (secondary N) is 1. The van der Waals surface area contributed by atoms with Crippen LogP contribution >= 0.6 is 15.9 Å². The maximum atomic E-state index is 12.3. The number of carbonyl (C=O) groups is 1. The van der Waals surface area contributed by atoms with Crippen LogP contribution in [-0.2, 0) is 4.74 Å². The molecule has 2 aromatic carbocycles. The first-order valence-electron chi connectivity index (χ1n) is 7.85. The van der Waals surface area contributed by atoms with Crippen molar-refractivity contribution in [2.45, 2.75) is 13.0 Å². The van der Waals surface area contributed by atoms with Crippen molar-refractivity contribution in [1.82, 2.24) is 9.78 Å². The first-order chi connectivity index (χ1) is 12.6. The van der Waals surface area contributed by atoms with Gasteiger partial charge in [0, 0.05) is 4.47 Å².